The summed E-state index contributed by atoms with van der Waals surface area (Å²) in [5.74, 6) is 0.275. The molecule has 0 saturated heterocycles. The van der Waals surface area contributed by atoms with Crippen LogP contribution >= 0.6 is 22.9 Å². The zero-order valence-electron chi connectivity index (χ0n) is 14.6. The molecule has 4 rings (SSSR count). The molecule has 0 atom stereocenters. The standard InChI is InChI=1S/C20H20ClN3OS/c1-13-16(21)8-9-17-18(13)23-20(26-17)24(12-14-5-4-10-22-11-14)19(25)15-6-2-3-7-15/h4-5,8-11,15H,2-3,6-7,12H2,1H3. The van der Waals surface area contributed by atoms with Crippen LogP contribution in [0.3, 0.4) is 0 Å². The largest absolute Gasteiger partial charge is 0.283 e. The van der Waals surface area contributed by atoms with Gasteiger partial charge in [-0.15, -0.1) is 0 Å². The van der Waals surface area contributed by atoms with Crippen LogP contribution in [-0.4, -0.2) is 15.9 Å². The second-order valence-corrected chi connectivity index (χ2v) is 8.20. The molecule has 0 N–H and O–H groups in total. The molecule has 3 aromatic rings. The van der Waals surface area contributed by atoms with E-state index in [2.05, 4.69) is 4.98 Å². The number of aryl methyl sites for hydroxylation is 1. The first-order chi connectivity index (χ1) is 12.6. The fourth-order valence-electron chi connectivity index (χ4n) is 3.51. The Hall–Kier alpha value is -1.98. The molecular weight excluding hydrogens is 366 g/mol. The molecule has 2 heterocycles. The van der Waals surface area contributed by atoms with E-state index in [1.807, 2.05) is 42.3 Å². The molecular formula is C20H20ClN3OS. The maximum absolute atomic E-state index is 13.2. The number of anilines is 1. The molecule has 1 aliphatic rings. The van der Waals surface area contributed by atoms with Gasteiger partial charge in [0.05, 0.1) is 16.8 Å². The van der Waals surface area contributed by atoms with Crippen molar-refractivity contribution in [1.29, 1.82) is 0 Å². The highest BCUT2D eigenvalue weighted by atomic mass is 35.5. The Labute approximate surface area is 161 Å². The van der Waals surface area contributed by atoms with E-state index in [0.29, 0.717) is 11.6 Å². The SMILES string of the molecule is Cc1c(Cl)ccc2sc(N(Cc3cccnc3)C(=O)C3CCCC3)nc12. The number of amides is 1. The Morgan fingerprint density at radius 1 is 1.31 bits per heavy atom. The van der Waals surface area contributed by atoms with Gasteiger partial charge in [0, 0.05) is 23.3 Å². The first-order valence-corrected chi connectivity index (χ1v) is 10.1. The lowest BCUT2D eigenvalue weighted by Gasteiger charge is -2.23. The van der Waals surface area contributed by atoms with Crippen molar-refractivity contribution in [2.75, 3.05) is 4.90 Å². The molecule has 6 heteroatoms. The number of aromatic nitrogens is 2. The molecule has 1 aromatic carbocycles. The van der Waals surface area contributed by atoms with Crippen LogP contribution in [0.25, 0.3) is 10.2 Å². The van der Waals surface area contributed by atoms with Crippen molar-refractivity contribution in [3.8, 4) is 0 Å². The Balaban J connectivity index is 1.74. The van der Waals surface area contributed by atoms with Crippen molar-refractivity contribution in [3.05, 3.63) is 52.8 Å². The van der Waals surface area contributed by atoms with Crippen molar-refractivity contribution in [1.82, 2.24) is 9.97 Å². The van der Waals surface area contributed by atoms with Gasteiger partial charge in [-0.3, -0.25) is 14.7 Å². The summed E-state index contributed by atoms with van der Waals surface area (Å²) >= 11 is 7.80. The second-order valence-electron chi connectivity index (χ2n) is 6.78. The van der Waals surface area contributed by atoms with E-state index in [0.717, 1.165) is 52.2 Å². The average molecular weight is 386 g/mol. The van der Waals surface area contributed by atoms with Crippen LogP contribution in [0.1, 0.15) is 36.8 Å². The van der Waals surface area contributed by atoms with E-state index in [1.165, 1.54) is 0 Å². The molecule has 0 bridgehead atoms. The van der Waals surface area contributed by atoms with Crippen molar-refractivity contribution < 1.29 is 4.79 Å². The van der Waals surface area contributed by atoms with Gasteiger partial charge >= 0.3 is 0 Å². The summed E-state index contributed by atoms with van der Waals surface area (Å²) in [6.07, 6.45) is 7.76. The quantitative estimate of drug-likeness (QED) is 0.605. The van der Waals surface area contributed by atoms with Crippen molar-refractivity contribution in [3.63, 3.8) is 0 Å². The molecule has 1 fully saturated rings. The summed E-state index contributed by atoms with van der Waals surface area (Å²) in [5, 5.41) is 1.45. The Morgan fingerprint density at radius 3 is 2.85 bits per heavy atom. The third-order valence-corrected chi connectivity index (χ3v) is 6.45. The lowest BCUT2D eigenvalue weighted by molar-refractivity contribution is -0.122. The van der Waals surface area contributed by atoms with Gasteiger partial charge in [0.25, 0.3) is 0 Å². The maximum atomic E-state index is 13.2. The molecule has 2 aromatic heterocycles. The molecule has 0 aliphatic heterocycles. The Bertz CT molecular complexity index is 935. The van der Waals surface area contributed by atoms with Gasteiger partial charge < -0.3 is 0 Å². The summed E-state index contributed by atoms with van der Waals surface area (Å²) in [6, 6.07) is 7.77. The molecule has 134 valence electrons. The Kier molecular flexibility index (Phi) is 4.92. The van der Waals surface area contributed by atoms with E-state index < -0.39 is 0 Å². The molecule has 0 radical (unpaired) electrons. The van der Waals surface area contributed by atoms with Gasteiger partial charge in [0.2, 0.25) is 5.91 Å². The lowest BCUT2D eigenvalue weighted by Crippen LogP contribution is -2.34. The zero-order chi connectivity index (χ0) is 18.1. The summed E-state index contributed by atoms with van der Waals surface area (Å²) in [5.41, 5.74) is 2.85. The predicted octanol–water partition coefficient (Wildman–Crippen LogP) is 5.38. The van der Waals surface area contributed by atoms with E-state index in [9.17, 15) is 4.79 Å². The normalized spacial score (nSPS) is 14.8. The Morgan fingerprint density at radius 2 is 2.12 bits per heavy atom. The highest BCUT2D eigenvalue weighted by Crippen LogP contribution is 2.36. The van der Waals surface area contributed by atoms with Crippen molar-refractivity contribution >= 4 is 44.2 Å². The highest BCUT2D eigenvalue weighted by molar-refractivity contribution is 7.22. The fraction of sp³-hybridized carbons (Fsp3) is 0.350. The minimum absolute atomic E-state index is 0.100. The van der Waals surface area contributed by atoms with Crippen LogP contribution in [0.2, 0.25) is 5.02 Å². The van der Waals surface area contributed by atoms with Gasteiger partial charge in [-0.25, -0.2) is 4.98 Å². The highest BCUT2D eigenvalue weighted by Gasteiger charge is 2.30. The number of thiazole rings is 1. The van der Waals surface area contributed by atoms with E-state index in [4.69, 9.17) is 16.6 Å². The van der Waals surface area contributed by atoms with Crippen LogP contribution in [0.15, 0.2) is 36.7 Å². The third-order valence-electron chi connectivity index (χ3n) is 5.00. The number of rotatable bonds is 4. The number of hydrogen-bond acceptors (Lipinski definition) is 4. The number of carbonyl (C=O) groups excluding carboxylic acids is 1. The third kappa shape index (κ3) is 3.33. The van der Waals surface area contributed by atoms with E-state index in [1.54, 1.807) is 17.5 Å². The van der Waals surface area contributed by atoms with Crippen LogP contribution < -0.4 is 4.90 Å². The van der Waals surface area contributed by atoms with Crippen molar-refractivity contribution in [2.24, 2.45) is 5.92 Å². The molecule has 26 heavy (non-hydrogen) atoms. The van der Waals surface area contributed by atoms with Gasteiger partial charge in [0.1, 0.15) is 0 Å². The first kappa shape index (κ1) is 17.4. The first-order valence-electron chi connectivity index (χ1n) is 8.89. The van der Waals surface area contributed by atoms with Gasteiger partial charge in [0.15, 0.2) is 5.13 Å². The number of carbonyl (C=O) groups is 1. The minimum Gasteiger partial charge on any atom is -0.283 e. The number of pyridine rings is 1. The maximum Gasteiger partial charge on any atom is 0.232 e. The molecule has 4 nitrogen and oxygen atoms in total. The van der Waals surface area contributed by atoms with Crippen LogP contribution in [0, 0.1) is 12.8 Å². The summed E-state index contributed by atoms with van der Waals surface area (Å²) in [4.78, 5) is 24.0. The van der Waals surface area contributed by atoms with E-state index >= 15 is 0 Å². The smallest absolute Gasteiger partial charge is 0.232 e. The molecule has 1 saturated carbocycles. The lowest BCUT2D eigenvalue weighted by atomic mass is 10.1. The average Bonchev–Trinajstić information content (AvgIpc) is 3.33. The fourth-order valence-corrected chi connectivity index (χ4v) is 4.69. The van der Waals surface area contributed by atoms with Gasteiger partial charge in [-0.1, -0.05) is 41.8 Å². The molecule has 1 amide bonds. The topological polar surface area (TPSA) is 46.1 Å². The van der Waals surface area contributed by atoms with E-state index in [-0.39, 0.29) is 11.8 Å². The molecule has 0 spiro atoms. The summed E-state index contributed by atoms with van der Waals surface area (Å²) in [7, 11) is 0. The second kappa shape index (κ2) is 7.33. The summed E-state index contributed by atoms with van der Waals surface area (Å²) in [6.45, 7) is 2.47. The van der Waals surface area contributed by atoms with Gasteiger partial charge in [-0.05, 0) is 49.1 Å². The van der Waals surface area contributed by atoms with Crippen LogP contribution in [0.4, 0.5) is 5.13 Å². The zero-order valence-corrected chi connectivity index (χ0v) is 16.2. The number of nitrogens with zero attached hydrogens (tertiary/aromatic N) is 3. The number of benzene rings is 1. The van der Waals surface area contributed by atoms with Gasteiger partial charge in [-0.2, -0.15) is 0 Å². The van der Waals surface area contributed by atoms with Crippen LogP contribution in [0.5, 0.6) is 0 Å². The molecule has 1 aliphatic carbocycles. The number of fused-ring (bicyclic) bond motifs is 1. The summed E-state index contributed by atoms with van der Waals surface area (Å²) < 4.78 is 1.05. The number of hydrogen-bond donors (Lipinski definition) is 0. The monoisotopic (exact) mass is 385 g/mol. The predicted molar refractivity (Wildman–Crippen MR) is 107 cm³/mol. The minimum atomic E-state index is 0.100. The van der Waals surface area contributed by atoms with Crippen molar-refractivity contribution in [2.45, 2.75) is 39.2 Å². The number of halogens is 1. The van der Waals surface area contributed by atoms with Crippen LogP contribution in [-0.2, 0) is 11.3 Å². The molecule has 0 unspecified atom stereocenters.